The number of carbonyl (C=O) groups excluding carboxylic acids is 2. The van der Waals surface area contributed by atoms with Crippen molar-refractivity contribution in [1.82, 2.24) is 14.8 Å². The number of hydrogen-bond acceptors (Lipinski definition) is 8. The fraction of sp³-hybridized carbons (Fsp3) is 0.571. The number of nitrogens with zero attached hydrogens (tertiary/aromatic N) is 4. The largest absolute Gasteiger partial charge is 0.454 e. The molecule has 0 aliphatic carbocycles. The first kappa shape index (κ1) is 21.2. The van der Waals surface area contributed by atoms with Crippen molar-refractivity contribution in [3.8, 4) is 11.5 Å². The van der Waals surface area contributed by atoms with Gasteiger partial charge < -0.3 is 14.4 Å². The second-order valence-electron chi connectivity index (χ2n) is 8.60. The van der Waals surface area contributed by atoms with Gasteiger partial charge in [0.2, 0.25) is 12.7 Å². The van der Waals surface area contributed by atoms with E-state index >= 15 is 0 Å². The van der Waals surface area contributed by atoms with Crippen LogP contribution in [0.5, 0.6) is 11.5 Å². The van der Waals surface area contributed by atoms with Gasteiger partial charge in [-0.1, -0.05) is 6.07 Å². The zero-order valence-electron chi connectivity index (χ0n) is 17.7. The summed E-state index contributed by atoms with van der Waals surface area (Å²) in [6, 6.07) is 5.47. The number of hydrazone groups is 1. The summed E-state index contributed by atoms with van der Waals surface area (Å²) in [5.41, 5.74) is 1.48. The number of ether oxygens (including phenoxy) is 2. The summed E-state index contributed by atoms with van der Waals surface area (Å²) in [6.45, 7) is 3.64. The highest BCUT2D eigenvalue weighted by atomic mass is 32.2. The summed E-state index contributed by atoms with van der Waals surface area (Å²) in [5, 5.41) is 5.56. The van der Waals surface area contributed by atoms with Gasteiger partial charge in [-0.15, -0.1) is 0 Å². The molecule has 2 fully saturated rings. The molecule has 32 heavy (non-hydrogen) atoms. The third kappa shape index (κ3) is 4.31. The smallest absolute Gasteiger partial charge is 0.270 e. The number of hydrogen-bond donors (Lipinski definition) is 0. The van der Waals surface area contributed by atoms with Gasteiger partial charge in [-0.25, -0.2) is 13.4 Å². The average Bonchev–Trinajstić information content (AvgIpc) is 3.39. The number of fused-ring (bicyclic) bond motifs is 1. The van der Waals surface area contributed by atoms with Crippen LogP contribution in [0, 0.1) is 0 Å². The predicted molar refractivity (Wildman–Crippen MR) is 115 cm³/mol. The van der Waals surface area contributed by atoms with E-state index in [-0.39, 0.29) is 36.5 Å². The third-order valence-corrected chi connectivity index (χ3v) is 8.11. The summed E-state index contributed by atoms with van der Waals surface area (Å²) < 4.78 is 34.4. The molecule has 4 heterocycles. The van der Waals surface area contributed by atoms with Crippen LogP contribution in [0.3, 0.4) is 0 Å². The van der Waals surface area contributed by atoms with E-state index in [1.54, 1.807) is 4.90 Å². The van der Waals surface area contributed by atoms with Crippen LogP contribution in [0.1, 0.15) is 24.8 Å². The quantitative estimate of drug-likeness (QED) is 0.630. The van der Waals surface area contributed by atoms with E-state index in [1.807, 2.05) is 18.2 Å². The Kier molecular flexibility index (Phi) is 5.54. The Balaban J connectivity index is 1.18. The van der Waals surface area contributed by atoms with Crippen molar-refractivity contribution in [2.45, 2.75) is 31.8 Å². The first-order chi connectivity index (χ1) is 15.4. The van der Waals surface area contributed by atoms with Crippen molar-refractivity contribution >= 4 is 27.4 Å². The molecule has 172 valence electrons. The standard InChI is InChI=1S/C21H26N4O6S/c26-20-4-2-17(22-25(20)16-5-10-32(28,29)13-16)21(27)24-8-6-23(7-9-24)12-15-1-3-18-19(11-15)31-14-30-18/h1,3,11,16H,2,4-10,12-14H2. The topological polar surface area (TPSA) is 109 Å². The maximum Gasteiger partial charge on any atom is 0.270 e. The van der Waals surface area contributed by atoms with E-state index in [0.29, 0.717) is 31.6 Å². The van der Waals surface area contributed by atoms with E-state index < -0.39 is 15.9 Å². The van der Waals surface area contributed by atoms with Crippen molar-refractivity contribution in [1.29, 1.82) is 0 Å². The third-order valence-electron chi connectivity index (χ3n) is 6.36. The number of amides is 2. The Hall–Kier alpha value is -2.66. The van der Waals surface area contributed by atoms with Crippen molar-refractivity contribution < 1.29 is 27.5 Å². The zero-order chi connectivity index (χ0) is 22.3. The second kappa shape index (κ2) is 8.36. The summed E-state index contributed by atoms with van der Waals surface area (Å²) in [6.07, 6.45) is 0.855. The number of benzene rings is 1. The zero-order valence-corrected chi connectivity index (χ0v) is 18.6. The summed E-state index contributed by atoms with van der Waals surface area (Å²) in [4.78, 5) is 29.4. The average molecular weight is 463 g/mol. The number of carbonyl (C=O) groups is 2. The van der Waals surface area contributed by atoms with E-state index in [2.05, 4.69) is 10.0 Å². The van der Waals surface area contributed by atoms with Gasteiger partial charge in [0.25, 0.3) is 5.91 Å². The van der Waals surface area contributed by atoms with E-state index in [9.17, 15) is 18.0 Å². The highest BCUT2D eigenvalue weighted by molar-refractivity contribution is 7.91. The summed E-state index contributed by atoms with van der Waals surface area (Å²) in [5.74, 6) is 1.14. The summed E-state index contributed by atoms with van der Waals surface area (Å²) in [7, 11) is -3.14. The molecule has 10 nitrogen and oxygen atoms in total. The molecule has 5 rings (SSSR count). The van der Waals surface area contributed by atoms with Gasteiger partial charge in [-0.3, -0.25) is 14.5 Å². The van der Waals surface area contributed by atoms with Crippen LogP contribution in [-0.4, -0.2) is 91.3 Å². The molecular formula is C21H26N4O6S. The van der Waals surface area contributed by atoms with Crippen LogP contribution < -0.4 is 9.47 Å². The van der Waals surface area contributed by atoms with Gasteiger partial charge in [0.1, 0.15) is 5.71 Å². The van der Waals surface area contributed by atoms with Gasteiger partial charge in [-0.2, -0.15) is 5.10 Å². The molecule has 2 saturated heterocycles. The van der Waals surface area contributed by atoms with Crippen LogP contribution in [0.2, 0.25) is 0 Å². The van der Waals surface area contributed by atoms with E-state index in [0.717, 1.165) is 36.7 Å². The first-order valence-electron chi connectivity index (χ1n) is 10.9. The molecule has 11 heteroatoms. The van der Waals surface area contributed by atoms with Crippen LogP contribution in [0.15, 0.2) is 23.3 Å². The lowest BCUT2D eigenvalue weighted by atomic mass is 10.1. The number of piperazine rings is 1. The molecule has 2 amide bonds. The van der Waals surface area contributed by atoms with E-state index in [4.69, 9.17) is 9.47 Å². The minimum Gasteiger partial charge on any atom is -0.454 e. The van der Waals surface area contributed by atoms with E-state index in [1.165, 1.54) is 5.01 Å². The molecule has 0 spiro atoms. The molecule has 0 saturated carbocycles. The lowest BCUT2D eigenvalue weighted by Crippen LogP contribution is -2.51. The minimum atomic E-state index is -3.14. The van der Waals surface area contributed by atoms with Crippen molar-refractivity contribution in [2.75, 3.05) is 44.5 Å². The molecule has 0 bridgehead atoms. The number of rotatable bonds is 4. The predicted octanol–water partition coefficient (Wildman–Crippen LogP) is 0.225. The van der Waals surface area contributed by atoms with Crippen molar-refractivity contribution in [3.05, 3.63) is 23.8 Å². The normalized spacial score (nSPS) is 25.2. The monoisotopic (exact) mass is 462 g/mol. The fourth-order valence-electron chi connectivity index (χ4n) is 4.57. The second-order valence-corrected chi connectivity index (χ2v) is 10.8. The molecule has 0 aromatic heterocycles. The first-order valence-corrected chi connectivity index (χ1v) is 12.7. The molecule has 0 radical (unpaired) electrons. The Morgan fingerprint density at radius 1 is 1.09 bits per heavy atom. The van der Waals surface area contributed by atoms with Gasteiger partial charge in [0, 0.05) is 45.6 Å². The molecule has 4 aliphatic heterocycles. The molecule has 0 N–H and O–H groups in total. The van der Waals surface area contributed by atoms with Gasteiger partial charge >= 0.3 is 0 Å². The lowest BCUT2D eigenvalue weighted by Gasteiger charge is -2.36. The van der Waals surface area contributed by atoms with Gasteiger partial charge in [0.15, 0.2) is 21.3 Å². The lowest BCUT2D eigenvalue weighted by molar-refractivity contribution is -0.134. The molecule has 1 aromatic rings. The molecule has 1 unspecified atom stereocenters. The maximum absolute atomic E-state index is 13.0. The Morgan fingerprint density at radius 2 is 1.88 bits per heavy atom. The number of sulfone groups is 1. The molecule has 1 atom stereocenters. The van der Waals surface area contributed by atoms with Crippen LogP contribution in [0.25, 0.3) is 0 Å². The highest BCUT2D eigenvalue weighted by Gasteiger charge is 2.38. The molecule has 1 aromatic carbocycles. The molecule has 4 aliphatic rings. The van der Waals surface area contributed by atoms with Gasteiger partial charge in [-0.05, 0) is 24.1 Å². The van der Waals surface area contributed by atoms with Crippen LogP contribution in [0.4, 0.5) is 0 Å². The highest BCUT2D eigenvalue weighted by Crippen LogP contribution is 2.33. The van der Waals surface area contributed by atoms with Crippen LogP contribution in [-0.2, 0) is 26.0 Å². The fourth-order valence-corrected chi connectivity index (χ4v) is 6.26. The van der Waals surface area contributed by atoms with Crippen molar-refractivity contribution in [3.63, 3.8) is 0 Å². The minimum absolute atomic E-state index is 0.0611. The van der Waals surface area contributed by atoms with Crippen LogP contribution >= 0.6 is 0 Å². The Morgan fingerprint density at radius 3 is 2.62 bits per heavy atom. The van der Waals surface area contributed by atoms with Gasteiger partial charge in [0.05, 0.1) is 17.5 Å². The Labute approximate surface area is 186 Å². The maximum atomic E-state index is 13.0. The SMILES string of the molecule is O=C(C1=NN(C2CCS(=O)(=O)C2)C(=O)CC1)N1CCN(Cc2ccc3c(c2)OCO3)CC1. The van der Waals surface area contributed by atoms with Crippen molar-refractivity contribution in [2.24, 2.45) is 5.10 Å². The summed E-state index contributed by atoms with van der Waals surface area (Å²) >= 11 is 0. The molecular weight excluding hydrogens is 436 g/mol. The Bertz CT molecular complexity index is 1060.